The van der Waals surface area contributed by atoms with Crippen LogP contribution in [0.15, 0.2) is 158 Å². The minimum Gasteiger partial charge on any atom is -0.497 e. The summed E-state index contributed by atoms with van der Waals surface area (Å²) < 4.78 is 81.3. The average Bonchev–Trinajstić information content (AvgIpc) is 4.23. The molecule has 2 aliphatic heterocycles. The molecule has 2 fully saturated rings. The number of benzene rings is 6. The second-order valence-corrected chi connectivity index (χ2v) is 19.9. The third kappa shape index (κ3) is 11.5. The molecule has 10 rings (SSSR count). The summed E-state index contributed by atoms with van der Waals surface area (Å²) in [5.41, 5.74) is 2.12. The van der Waals surface area contributed by atoms with Gasteiger partial charge >= 0.3 is 8.25 Å². The van der Waals surface area contributed by atoms with E-state index in [0.29, 0.717) is 46.4 Å². The molecule has 78 heavy (non-hydrogen) atoms. The number of rotatable bonds is 20. The Kier molecular flexibility index (Phi) is 16.6. The van der Waals surface area contributed by atoms with Gasteiger partial charge in [-0.3, -0.25) is 14.7 Å². The molecule has 4 heterocycles. The zero-order chi connectivity index (χ0) is 54.4. The van der Waals surface area contributed by atoms with E-state index in [4.69, 9.17) is 70.9 Å². The van der Waals surface area contributed by atoms with Crippen molar-refractivity contribution in [1.82, 2.24) is 19.5 Å². The Hall–Kier alpha value is -7.09. The summed E-state index contributed by atoms with van der Waals surface area (Å²) in [7, 11) is 1.32. The zero-order valence-electron chi connectivity index (χ0n) is 42.4. The van der Waals surface area contributed by atoms with E-state index in [-0.39, 0.29) is 65.5 Å². The Balaban J connectivity index is 1.09. The van der Waals surface area contributed by atoms with Gasteiger partial charge in [-0.2, -0.15) is 9.97 Å². The number of fused-ring (bicyclic) bond motifs is 1. The normalized spacial score (nSPS) is 18.4. The number of amides is 1. The highest BCUT2D eigenvalue weighted by atomic mass is 35.5. The lowest BCUT2D eigenvalue weighted by Gasteiger charge is -2.43. The van der Waals surface area contributed by atoms with Gasteiger partial charge in [-0.1, -0.05) is 120 Å². The first-order valence-electron chi connectivity index (χ1n) is 24.8. The first kappa shape index (κ1) is 54.3. The van der Waals surface area contributed by atoms with E-state index in [1.54, 1.807) is 44.6 Å². The summed E-state index contributed by atoms with van der Waals surface area (Å²) in [6.07, 6.45) is -3.31. The number of nitrogens with zero attached hydrogens (tertiary/aromatic N) is 5. The summed E-state index contributed by atoms with van der Waals surface area (Å²) in [5.74, 6) is -1.11. The zero-order valence-corrected chi connectivity index (χ0v) is 44.8. The minimum atomic E-state index is -3.34. The van der Waals surface area contributed by atoms with Crippen LogP contribution in [0.5, 0.6) is 23.1 Å². The van der Waals surface area contributed by atoms with Gasteiger partial charge in [-0.25, -0.2) is 9.37 Å². The smallest absolute Gasteiger partial charge is 0.497 e. The van der Waals surface area contributed by atoms with Crippen molar-refractivity contribution in [2.45, 2.75) is 55.2 Å². The summed E-state index contributed by atoms with van der Waals surface area (Å²) in [6.45, 7) is 0.327. The standard InChI is InChI=1S/C57H52Cl2FN6O11P/c1-70-41-23-18-38(19-24-41)57(37-14-8-5-9-15-37,39-20-25-42(71-2)26-21-39)73-34-47-50(77-78(68)69)51(76-56(72-3)28-30-65(31-29-56)45-17-11-10-16-44(45)60)54(75-47)66-35-61-49-52(66)63-55(62-48(67)32-36-12-6-4-7-13-36)64-53(49)74-46-33-40(58)22-27-43(46)59/h4-27,33,35,47,50-51,54H,28-32,34H2,1-3H3,(H-,62,63,64,67,68,69)/p+1/t47-,50-,51-,54-/m1/s1. The van der Waals surface area contributed by atoms with E-state index in [2.05, 4.69) is 10.3 Å². The fraction of sp³-hybridized carbons (Fsp3) is 0.263. The highest BCUT2D eigenvalue weighted by Gasteiger charge is 2.56. The third-order valence-electron chi connectivity index (χ3n) is 13.8. The molecule has 402 valence electrons. The fourth-order valence-corrected chi connectivity index (χ4v) is 10.7. The second-order valence-electron chi connectivity index (χ2n) is 18.4. The van der Waals surface area contributed by atoms with Gasteiger partial charge in [0.15, 0.2) is 29.3 Å². The summed E-state index contributed by atoms with van der Waals surface area (Å²) in [5, 5.41) is 3.33. The third-order valence-corrected chi connectivity index (χ3v) is 14.8. The van der Waals surface area contributed by atoms with E-state index in [1.807, 2.05) is 114 Å². The lowest BCUT2D eigenvalue weighted by molar-refractivity contribution is -0.274. The first-order chi connectivity index (χ1) is 37.9. The SMILES string of the molecule is COc1ccc(C(OC[C@H]2O[C@@H](n3cnc4c(Oc5cc(Cl)ccc5Cl)nc(NC(=O)Cc5ccccc5)nc43)[C@H](OC3(OC)CCN(c4ccccc4F)CC3)[C@@H]2O[P+](=O)O)(c2ccccc2)c2ccc(OC)cc2)cc1. The lowest BCUT2D eigenvalue weighted by atomic mass is 9.80. The van der Waals surface area contributed by atoms with Crippen LogP contribution in [0.2, 0.25) is 10.0 Å². The Morgan fingerprint density at radius 2 is 1.45 bits per heavy atom. The molecule has 6 aromatic carbocycles. The van der Waals surface area contributed by atoms with E-state index >= 15 is 4.39 Å². The Bertz CT molecular complexity index is 3330. The molecule has 0 bridgehead atoms. The van der Waals surface area contributed by atoms with E-state index in [1.165, 1.54) is 30.1 Å². The molecule has 17 nitrogen and oxygen atoms in total. The van der Waals surface area contributed by atoms with Gasteiger partial charge in [0.1, 0.15) is 40.9 Å². The monoisotopic (exact) mass is 1120 g/mol. The molecule has 2 aromatic heterocycles. The van der Waals surface area contributed by atoms with Crippen molar-refractivity contribution in [3.8, 4) is 23.1 Å². The molecular formula is C57H53Cl2FN6O11P+. The maximum absolute atomic E-state index is 15.2. The molecule has 5 atom stereocenters. The molecule has 2 N–H and O–H groups in total. The molecular weight excluding hydrogens is 1070 g/mol. The van der Waals surface area contributed by atoms with Crippen molar-refractivity contribution in [1.29, 1.82) is 0 Å². The number of hydrogen-bond donors (Lipinski definition) is 2. The van der Waals surface area contributed by atoms with Crippen molar-refractivity contribution in [2.24, 2.45) is 0 Å². The molecule has 21 heteroatoms. The number of aromatic nitrogens is 4. The van der Waals surface area contributed by atoms with Crippen LogP contribution in [0, 0.1) is 5.82 Å². The topological polar surface area (TPSA) is 187 Å². The summed E-state index contributed by atoms with van der Waals surface area (Å²) in [4.78, 5) is 40.5. The molecule has 0 aliphatic carbocycles. The van der Waals surface area contributed by atoms with Crippen molar-refractivity contribution in [2.75, 3.05) is 51.2 Å². The van der Waals surface area contributed by atoms with Crippen molar-refractivity contribution in [3.63, 3.8) is 0 Å². The van der Waals surface area contributed by atoms with E-state index in [0.717, 1.165) is 11.1 Å². The molecule has 2 saturated heterocycles. The second kappa shape index (κ2) is 23.9. The molecule has 1 amide bonds. The fourth-order valence-electron chi connectivity index (χ4n) is 9.93. The number of piperidine rings is 1. The van der Waals surface area contributed by atoms with Gasteiger partial charge in [-0.15, -0.1) is 9.42 Å². The number of hydrogen-bond acceptors (Lipinski definition) is 14. The molecule has 0 saturated carbocycles. The maximum atomic E-state index is 15.2. The molecule has 8 aromatic rings. The largest absolute Gasteiger partial charge is 0.695 e. The van der Waals surface area contributed by atoms with E-state index < -0.39 is 50.1 Å². The highest BCUT2D eigenvalue weighted by Crippen LogP contribution is 2.47. The van der Waals surface area contributed by atoms with Crippen LogP contribution in [0.4, 0.5) is 16.0 Å². The van der Waals surface area contributed by atoms with Crippen LogP contribution >= 0.6 is 31.5 Å². The number of anilines is 2. The lowest BCUT2D eigenvalue weighted by Crippen LogP contribution is -2.52. The van der Waals surface area contributed by atoms with Crippen molar-refractivity contribution >= 4 is 60.2 Å². The van der Waals surface area contributed by atoms with Crippen LogP contribution in [-0.2, 0) is 44.9 Å². The van der Waals surface area contributed by atoms with Crippen LogP contribution in [0.25, 0.3) is 11.2 Å². The summed E-state index contributed by atoms with van der Waals surface area (Å²) >= 11 is 13.0. The number of para-hydroxylation sites is 1. The Labute approximate surface area is 459 Å². The van der Waals surface area contributed by atoms with Crippen molar-refractivity contribution in [3.05, 3.63) is 196 Å². The van der Waals surface area contributed by atoms with Crippen LogP contribution in [0.3, 0.4) is 0 Å². The number of ether oxygens (including phenoxy) is 7. The summed E-state index contributed by atoms with van der Waals surface area (Å²) in [6, 6.07) is 44.8. The Morgan fingerprint density at radius 3 is 2.08 bits per heavy atom. The number of methoxy groups -OCH3 is 3. The first-order valence-corrected chi connectivity index (χ1v) is 26.7. The molecule has 2 aliphatic rings. The number of carbonyl (C=O) groups is 1. The van der Waals surface area contributed by atoms with Gasteiger partial charge < -0.3 is 38.1 Å². The number of imidazole rings is 1. The van der Waals surface area contributed by atoms with Crippen LogP contribution in [-0.4, -0.2) is 95.4 Å². The van der Waals surface area contributed by atoms with Gasteiger partial charge in [0.05, 0.1) is 44.3 Å². The Morgan fingerprint density at radius 1 is 0.821 bits per heavy atom. The predicted molar refractivity (Wildman–Crippen MR) is 290 cm³/mol. The molecule has 0 spiro atoms. The molecule has 0 radical (unpaired) electrons. The van der Waals surface area contributed by atoms with Gasteiger partial charge in [0.2, 0.25) is 11.9 Å². The van der Waals surface area contributed by atoms with Gasteiger partial charge in [0, 0.05) is 48.7 Å². The number of halogens is 3. The van der Waals surface area contributed by atoms with Gasteiger partial charge in [0.25, 0.3) is 5.88 Å². The average molecular weight is 1120 g/mol. The number of nitrogens with one attached hydrogen (secondary N) is 1. The predicted octanol–water partition coefficient (Wildman–Crippen LogP) is 11.2. The van der Waals surface area contributed by atoms with E-state index in [9.17, 15) is 14.3 Å². The minimum absolute atomic E-state index is 0.00946. The van der Waals surface area contributed by atoms with Crippen molar-refractivity contribution < 1.29 is 56.3 Å². The molecule has 1 unspecified atom stereocenters. The number of carbonyl (C=O) groups excluding carboxylic acids is 1. The van der Waals surface area contributed by atoms with Crippen LogP contribution in [0.1, 0.15) is 41.3 Å². The quantitative estimate of drug-likeness (QED) is 0.0416. The van der Waals surface area contributed by atoms with Crippen LogP contribution < -0.4 is 24.4 Å². The maximum Gasteiger partial charge on any atom is 0.695 e. The highest BCUT2D eigenvalue weighted by molar-refractivity contribution is 7.32. The van der Waals surface area contributed by atoms with Gasteiger partial charge in [-0.05, 0) is 70.8 Å².